The van der Waals surface area contributed by atoms with E-state index in [4.69, 9.17) is 4.74 Å². The van der Waals surface area contributed by atoms with Crippen molar-refractivity contribution in [3.05, 3.63) is 58.9 Å². The van der Waals surface area contributed by atoms with Gasteiger partial charge in [-0.25, -0.2) is 4.98 Å². The van der Waals surface area contributed by atoms with Crippen molar-refractivity contribution in [1.29, 1.82) is 0 Å². The number of benzene rings is 1. The summed E-state index contributed by atoms with van der Waals surface area (Å²) in [6, 6.07) is 12.1. The maximum atomic E-state index is 12.6. The molecular formula is C21H26N4O2. The molecule has 1 aromatic carbocycles. The number of fused-ring (bicyclic) bond motifs is 1. The first-order valence-corrected chi connectivity index (χ1v) is 9.27. The fraction of sp³-hybridized carbons (Fsp3) is 0.381. The standard InChI is InChI=1S/C21H26N4O2/c1-15-14-18(19-16(2)24-25(3)20(19)23-15)21(26)22-11-7-12-27-13-10-17-8-5-4-6-9-17/h4-6,8-9,14H,7,10-13H2,1-3H3,(H,22,26). The van der Waals surface area contributed by atoms with Gasteiger partial charge in [-0.05, 0) is 38.3 Å². The van der Waals surface area contributed by atoms with E-state index in [1.54, 1.807) is 4.68 Å². The molecule has 0 atom stereocenters. The molecule has 0 saturated carbocycles. The molecule has 27 heavy (non-hydrogen) atoms. The van der Waals surface area contributed by atoms with Crippen LogP contribution in [0.2, 0.25) is 0 Å². The van der Waals surface area contributed by atoms with Crippen LogP contribution in [-0.4, -0.2) is 40.4 Å². The van der Waals surface area contributed by atoms with Crippen LogP contribution in [0.5, 0.6) is 0 Å². The van der Waals surface area contributed by atoms with Crippen LogP contribution in [0.25, 0.3) is 11.0 Å². The molecule has 6 heteroatoms. The van der Waals surface area contributed by atoms with E-state index in [1.807, 2.05) is 45.2 Å². The Bertz CT molecular complexity index is 919. The Morgan fingerprint density at radius 2 is 1.96 bits per heavy atom. The van der Waals surface area contributed by atoms with Gasteiger partial charge < -0.3 is 10.1 Å². The van der Waals surface area contributed by atoms with E-state index in [0.717, 1.165) is 35.3 Å². The number of pyridine rings is 1. The van der Waals surface area contributed by atoms with Crippen molar-refractivity contribution >= 4 is 16.9 Å². The molecule has 2 aromatic heterocycles. The summed E-state index contributed by atoms with van der Waals surface area (Å²) in [7, 11) is 1.84. The molecule has 0 bridgehead atoms. The second-order valence-corrected chi connectivity index (χ2v) is 6.68. The number of rotatable bonds is 8. The minimum absolute atomic E-state index is 0.0918. The van der Waals surface area contributed by atoms with Crippen LogP contribution < -0.4 is 5.32 Å². The van der Waals surface area contributed by atoms with Gasteiger partial charge in [0.15, 0.2) is 5.65 Å². The highest BCUT2D eigenvalue weighted by atomic mass is 16.5. The molecule has 1 N–H and O–H groups in total. The van der Waals surface area contributed by atoms with E-state index >= 15 is 0 Å². The second-order valence-electron chi connectivity index (χ2n) is 6.68. The molecular weight excluding hydrogens is 340 g/mol. The molecule has 142 valence electrons. The van der Waals surface area contributed by atoms with Crippen molar-refractivity contribution in [2.45, 2.75) is 26.7 Å². The third-order valence-corrected chi connectivity index (χ3v) is 4.47. The van der Waals surface area contributed by atoms with E-state index in [2.05, 4.69) is 27.5 Å². The maximum absolute atomic E-state index is 12.6. The third kappa shape index (κ3) is 4.71. The van der Waals surface area contributed by atoms with Gasteiger partial charge in [0.25, 0.3) is 5.91 Å². The SMILES string of the molecule is Cc1cc(C(=O)NCCCOCCc2ccccc2)c2c(C)nn(C)c2n1. The van der Waals surface area contributed by atoms with Gasteiger partial charge in [0, 0.05) is 25.9 Å². The lowest BCUT2D eigenvalue weighted by Crippen LogP contribution is -2.26. The third-order valence-electron chi connectivity index (χ3n) is 4.47. The van der Waals surface area contributed by atoms with Crippen molar-refractivity contribution in [3.8, 4) is 0 Å². The molecule has 0 saturated heterocycles. The number of hydrogen-bond donors (Lipinski definition) is 1. The summed E-state index contributed by atoms with van der Waals surface area (Å²) < 4.78 is 7.38. The molecule has 0 radical (unpaired) electrons. The minimum Gasteiger partial charge on any atom is -0.381 e. The van der Waals surface area contributed by atoms with Crippen molar-refractivity contribution in [3.63, 3.8) is 0 Å². The van der Waals surface area contributed by atoms with Crippen molar-refractivity contribution in [2.75, 3.05) is 19.8 Å². The molecule has 3 rings (SSSR count). The topological polar surface area (TPSA) is 69.0 Å². The van der Waals surface area contributed by atoms with Crippen LogP contribution in [-0.2, 0) is 18.2 Å². The van der Waals surface area contributed by atoms with Gasteiger partial charge >= 0.3 is 0 Å². The predicted octanol–water partition coefficient (Wildman–Crippen LogP) is 2.96. The van der Waals surface area contributed by atoms with Crippen molar-refractivity contribution < 1.29 is 9.53 Å². The van der Waals surface area contributed by atoms with Gasteiger partial charge in [-0.2, -0.15) is 5.10 Å². The zero-order valence-corrected chi connectivity index (χ0v) is 16.2. The molecule has 0 spiro atoms. The van der Waals surface area contributed by atoms with Crippen molar-refractivity contribution in [2.24, 2.45) is 7.05 Å². The molecule has 0 aliphatic heterocycles. The Labute approximate surface area is 159 Å². The van der Waals surface area contributed by atoms with Gasteiger partial charge in [-0.3, -0.25) is 9.48 Å². The van der Waals surface area contributed by atoms with Gasteiger partial charge in [0.2, 0.25) is 0 Å². The summed E-state index contributed by atoms with van der Waals surface area (Å²) in [6.07, 6.45) is 1.68. The second kappa shape index (κ2) is 8.77. The number of nitrogens with zero attached hydrogens (tertiary/aromatic N) is 3. The zero-order valence-electron chi connectivity index (χ0n) is 16.2. The quantitative estimate of drug-likeness (QED) is 0.622. The monoisotopic (exact) mass is 366 g/mol. The molecule has 0 unspecified atom stereocenters. The molecule has 0 fully saturated rings. The number of nitrogens with one attached hydrogen (secondary N) is 1. The van der Waals surface area contributed by atoms with Crippen LogP contribution in [0.15, 0.2) is 36.4 Å². The average Bonchev–Trinajstić information content (AvgIpc) is 2.94. The minimum atomic E-state index is -0.0918. The Morgan fingerprint density at radius 1 is 1.19 bits per heavy atom. The Hall–Kier alpha value is -2.73. The van der Waals surface area contributed by atoms with Gasteiger partial charge in [0.1, 0.15) is 0 Å². The average molecular weight is 366 g/mol. The predicted molar refractivity (Wildman–Crippen MR) is 106 cm³/mol. The summed E-state index contributed by atoms with van der Waals surface area (Å²) in [5.74, 6) is -0.0918. The number of ether oxygens (including phenoxy) is 1. The molecule has 1 amide bonds. The first kappa shape index (κ1) is 19.0. The number of amides is 1. The van der Waals surface area contributed by atoms with Crippen LogP contribution in [0.4, 0.5) is 0 Å². The highest BCUT2D eigenvalue weighted by Crippen LogP contribution is 2.21. The summed E-state index contributed by atoms with van der Waals surface area (Å²) in [5.41, 5.74) is 4.26. The summed E-state index contributed by atoms with van der Waals surface area (Å²) in [6.45, 7) is 5.68. The Kier molecular flexibility index (Phi) is 6.19. The van der Waals surface area contributed by atoms with Crippen LogP contribution in [0.3, 0.4) is 0 Å². The van der Waals surface area contributed by atoms with E-state index in [9.17, 15) is 4.79 Å². The van der Waals surface area contributed by atoms with E-state index < -0.39 is 0 Å². The van der Waals surface area contributed by atoms with E-state index in [1.165, 1.54) is 5.56 Å². The summed E-state index contributed by atoms with van der Waals surface area (Å²) in [5, 5.41) is 8.18. The molecule has 0 aliphatic rings. The lowest BCUT2D eigenvalue weighted by molar-refractivity contribution is 0.0943. The molecule has 6 nitrogen and oxygen atoms in total. The zero-order chi connectivity index (χ0) is 19.2. The summed E-state index contributed by atoms with van der Waals surface area (Å²) in [4.78, 5) is 17.1. The smallest absolute Gasteiger partial charge is 0.252 e. The highest BCUT2D eigenvalue weighted by molar-refractivity contribution is 6.06. The molecule has 0 aliphatic carbocycles. The normalized spacial score (nSPS) is 11.1. The molecule has 2 heterocycles. The number of carbonyl (C=O) groups is 1. The van der Waals surface area contributed by atoms with E-state index in [0.29, 0.717) is 25.3 Å². The van der Waals surface area contributed by atoms with Crippen LogP contribution >= 0.6 is 0 Å². The van der Waals surface area contributed by atoms with Crippen LogP contribution in [0, 0.1) is 13.8 Å². The molecule has 3 aromatic rings. The largest absolute Gasteiger partial charge is 0.381 e. The van der Waals surface area contributed by atoms with Gasteiger partial charge in [-0.15, -0.1) is 0 Å². The maximum Gasteiger partial charge on any atom is 0.252 e. The first-order chi connectivity index (χ1) is 13.1. The number of carbonyl (C=O) groups excluding carboxylic acids is 1. The van der Waals surface area contributed by atoms with E-state index in [-0.39, 0.29) is 5.91 Å². The first-order valence-electron chi connectivity index (χ1n) is 9.27. The number of hydrogen-bond acceptors (Lipinski definition) is 4. The Balaban J connectivity index is 1.47. The number of aromatic nitrogens is 3. The Morgan fingerprint density at radius 3 is 2.74 bits per heavy atom. The highest BCUT2D eigenvalue weighted by Gasteiger charge is 2.17. The van der Waals surface area contributed by atoms with Gasteiger partial charge in [-0.1, -0.05) is 30.3 Å². The fourth-order valence-electron chi connectivity index (χ4n) is 3.16. The fourth-order valence-corrected chi connectivity index (χ4v) is 3.16. The van der Waals surface area contributed by atoms with Crippen LogP contribution in [0.1, 0.15) is 33.7 Å². The van der Waals surface area contributed by atoms with Gasteiger partial charge in [0.05, 0.1) is 23.3 Å². The summed E-state index contributed by atoms with van der Waals surface area (Å²) >= 11 is 0. The number of aryl methyl sites for hydroxylation is 3. The van der Waals surface area contributed by atoms with Crippen molar-refractivity contribution in [1.82, 2.24) is 20.1 Å². The lowest BCUT2D eigenvalue weighted by atomic mass is 10.1. The lowest BCUT2D eigenvalue weighted by Gasteiger charge is -2.08.